The molecule has 0 aromatic carbocycles. The van der Waals surface area contributed by atoms with E-state index in [2.05, 4.69) is 12.2 Å². The predicted octanol–water partition coefficient (Wildman–Crippen LogP) is 4.03. The molecule has 0 aromatic heterocycles. The Labute approximate surface area is 99.3 Å². The molecule has 7 unspecified atom stereocenters. The molecule has 0 radical (unpaired) electrons. The van der Waals surface area contributed by atoms with E-state index in [1.165, 1.54) is 6.42 Å². The van der Waals surface area contributed by atoms with E-state index in [0.29, 0.717) is 18.3 Å². The SMILES string of the molecule is FC(F)(F)CCC1CC2C3C4C=CC(C4)C3C12. The molecular weight excluding hydrogens is 225 g/mol. The topological polar surface area (TPSA) is 0 Å². The second-order valence-electron chi connectivity index (χ2n) is 6.49. The smallest absolute Gasteiger partial charge is 0.171 e. The van der Waals surface area contributed by atoms with Gasteiger partial charge in [-0.25, -0.2) is 0 Å². The van der Waals surface area contributed by atoms with Gasteiger partial charge in [0.1, 0.15) is 0 Å². The zero-order valence-electron chi connectivity index (χ0n) is 9.66. The van der Waals surface area contributed by atoms with Gasteiger partial charge in [-0.1, -0.05) is 12.2 Å². The summed E-state index contributed by atoms with van der Waals surface area (Å²) < 4.78 is 36.7. The molecule has 0 nitrogen and oxygen atoms in total. The van der Waals surface area contributed by atoms with Crippen LogP contribution in [-0.4, -0.2) is 6.18 Å². The second-order valence-corrected chi connectivity index (χ2v) is 6.49. The zero-order valence-corrected chi connectivity index (χ0v) is 9.66. The van der Waals surface area contributed by atoms with Crippen LogP contribution in [0.2, 0.25) is 0 Å². The summed E-state index contributed by atoms with van der Waals surface area (Å²) >= 11 is 0. The van der Waals surface area contributed by atoms with E-state index in [4.69, 9.17) is 0 Å². The molecule has 3 saturated carbocycles. The third-order valence-corrected chi connectivity index (χ3v) is 5.93. The summed E-state index contributed by atoms with van der Waals surface area (Å²) in [5.41, 5.74) is 0. The van der Waals surface area contributed by atoms with E-state index in [0.717, 1.165) is 36.0 Å². The average molecular weight is 242 g/mol. The van der Waals surface area contributed by atoms with Gasteiger partial charge in [-0.15, -0.1) is 0 Å². The van der Waals surface area contributed by atoms with Crippen molar-refractivity contribution in [1.82, 2.24) is 0 Å². The van der Waals surface area contributed by atoms with E-state index in [-0.39, 0.29) is 0 Å². The molecule has 4 aliphatic carbocycles. The number of hydrogen-bond acceptors (Lipinski definition) is 0. The molecule has 4 rings (SSSR count). The van der Waals surface area contributed by atoms with Crippen LogP contribution < -0.4 is 0 Å². The Bertz CT molecular complexity index is 370. The molecule has 0 aromatic rings. The van der Waals surface area contributed by atoms with Gasteiger partial charge in [0.15, 0.2) is 0 Å². The van der Waals surface area contributed by atoms with Gasteiger partial charge in [0.2, 0.25) is 0 Å². The molecule has 2 bridgehead atoms. The zero-order chi connectivity index (χ0) is 11.8. The molecule has 4 aliphatic rings. The third-order valence-electron chi connectivity index (χ3n) is 5.93. The maximum absolute atomic E-state index is 12.2. The van der Waals surface area contributed by atoms with Gasteiger partial charge >= 0.3 is 6.18 Å². The fourth-order valence-corrected chi connectivity index (χ4v) is 5.39. The lowest BCUT2D eigenvalue weighted by Crippen LogP contribution is -2.59. The number of fused-ring (bicyclic) bond motifs is 8. The van der Waals surface area contributed by atoms with Gasteiger partial charge in [-0.2, -0.15) is 13.2 Å². The molecule has 0 spiro atoms. The number of rotatable bonds is 2. The van der Waals surface area contributed by atoms with Gasteiger partial charge in [0.05, 0.1) is 0 Å². The Hall–Kier alpha value is -0.470. The van der Waals surface area contributed by atoms with Crippen LogP contribution in [-0.2, 0) is 0 Å². The minimum absolute atomic E-state index is 0.384. The van der Waals surface area contributed by atoms with Crippen LogP contribution in [0, 0.1) is 41.4 Å². The number of halogens is 3. The van der Waals surface area contributed by atoms with Gasteiger partial charge in [-0.05, 0) is 60.7 Å². The molecule has 17 heavy (non-hydrogen) atoms. The van der Waals surface area contributed by atoms with E-state index in [1.54, 1.807) is 0 Å². The predicted molar refractivity (Wildman–Crippen MR) is 58.1 cm³/mol. The molecule has 94 valence electrons. The van der Waals surface area contributed by atoms with Crippen molar-refractivity contribution >= 4 is 0 Å². The first-order valence-electron chi connectivity index (χ1n) is 6.80. The first-order chi connectivity index (χ1) is 8.04. The summed E-state index contributed by atoms with van der Waals surface area (Å²) in [6, 6.07) is 0. The van der Waals surface area contributed by atoms with Crippen LogP contribution >= 0.6 is 0 Å². The molecule has 0 aliphatic heterocycles. The second kappa shape index (κ2) is 3.10. The Morgan fingerprint density at radius 1 is 0.941 bits per heavy atom. The number of alkyl halides is 3. The monoisotopic (exact) mass is 242 g/mol. The van der Waals surface area contributed by atoms with Crippen molar-refractivity contribution in [2.24, 2.45) is 41.4 Å². The van der Waals surface area contributed by atoms with E-state index in [9.17, 15) is 13.2 Å². The first-order valence-corrected chi connectivity index (χ1v) is 6.80. The lowest BCUT2D eigenvalue weighted by atomic mass is 9.40. The minimum Gasteiger partial charge on any atom is -0.171 e. The molecule has 0 amide bonds. The summed E-state index contributed by atoms with van der Waals surface area (Å²) in [6.45, 7) is 0. The molecule has 0 saturated heterocycles. The number of allylic oxidation sites excluding steroid dienone is 2. The van der Waals surface area contributed by atoms with Crippen molar-refractivity contribution in [3.63, 3.8) is 0 Å². The summed E-state index contributed by atoms with van der Waals surface area (Å²) in [5.74, 6) is 4.96. The highest BCUT2D eigenvalue weighted by molar-refractivity contribution is 5.24. The minimum atomic E-state index is -3.96. The van der Waals surface area contributed by atoms with Gasteiger partial charge < -0.3 is 0 Å². The van der Waals surface area contributed by atoms with Crippen molar-refractivity contribution in [2.45, 2.75) is 31.9 Å². The van der Waals surface area contributed by atoms with Gasteiger partial charge in [-0.3, -0.25) is 0 Å². The van der Waals surface area contributed by atoms with Crippen molar-refractivity contribution in [1.29, 1.82) is 0 Å². The summed E-state index contributed by atoms with van der Waals surface area (Å²) in [4.78, 5) is 0. The van der Waals surface area contributed by atoms with Crippen LogP contribution in [0.15, 0.2) is 12.2 Å². The van der Waals surface area contributed by atoms with E-state index < -0.39 is 12.6 Å². The highest BCUT2D eigenvalue weighted by Crippen LogP contribution is 2.72. The first kappa shape index (κ1) is 10.5. The standard InChI is InChI=1S/C14H17F3/c15-14(16,17)4-3-9-6-10-11-7-1-2-8(5-7)13(11)12(9)10/h1-2,7-13H,3-6H2. The summed E-state index contributed by atoms with van der Waals surface area (Å²) in [7, 11) is 0. The van der Waals surface area contributed by atoms with Gasteiger partial charge in [0.25, 0.3) is 0 Å². The Morgan fingerprint density at radius 2 is 1.65 bits per heavy atom. The van der Waals surface area contributed by atoms with E-state index in [1.807, 2.05) is 0 Å². The van der Waals surface area contributed by atoms with Crippen LogP contribution in [0.4, 0.5) is 13.2 Å². The van der Waals surface area contributed by atoms with Crippen molar-refractivity contribution in [3.05, 3.63) is 12.2 Å². The molecule has 3 heteroatoms. The van der Waals surface area contributed by atoms with Crippen molar-refractivity contribution in [2.75, 3.05) is 0 Å². The van der Waals surface area contributed by atoms with E-state index >= 15 is 0 Å². The molecule has 7 atom stereocenters. The maximum atomic E-state index is 12.2. The van der Waals surface area contributed by atoms with Crippen LogP contribution in [0.3, 0.4) is 0 Å². The summed E-state index contributed by atoms with van der Waals surface area (Å²) in [5, 5.41) is 0. The fourth-order valence-electron chi connectivity index (χ4n) is 5.39. The Balaban J connectivity index is 1.40. The van der Waals surface area contributed by atoms with Crippen LogP contribution in [0.1, 0.15) is 25.7 Å². The lowest BCUT2D eigenvalue weighted by Gasteiger charge is -2.65. The molecule has 0 heterocycles. The van der Waals surface area contributed by atoms with Crippen LogP contribution in [0.25, 0.3) is 0 Å². The third kappa shape index (κ3) is 1.31. The highest BCUT2D eigenvalue weighted by Gasteiger charge is 2.67. The largest absolute Gasteiger partial charge is 0.389 e. The quantitative estimate of drug-likeness (QED) is 0.641. The van der Waals surface area contributed by atoms with Crippen molar-refractivity contribution in [3.8, 4) is 0 Å². The highest BCUT2D eigenvalue weighted by atomic mass is 19.4. The summed E-state index contributed by atoms with van der Waals surface area (Å²) in [6.07, 6.45) is 2.94. The van der Waals surface area contributed by atoms with Crippen LogP contribution in [0.5, 0.6) is 0 Å². The Morgan fingerprint density at radius 3 is 2.35 bits per heavy atom. The number of hydrogen-bond donors (Lipinski definition) is 0. The average Bonchev–Trinajstić information content (AvgIpc) is 2.74. The normalized spacial score (nSPS) is 53.9. The maximum Gasteiger partial charge on any atom is 0.389 e. The lowest BCUT2D eigenvalue weighted by molar-refractivity contribution is -0.179. The molecule has 3 fully saturated rings. The Kier molecular flexibility index (Phi) is 1.91. The molecular formula is C14H17F3. The van der Waals surface area contributed by atoms with Gasteiger partial charge in [0, 0.05) is 6.42 Å². The fraction of sp³-hybridized carbons (Fsp3) is 0.857. The van der Waals surface area contributed by atoms with Crippen molar-refractivity contribution < 1.29 is 13.2 Å². The molecule has 0 N–H and O–H groups in total.